The highest BCUT2D eigenvalue weighted by Gasteiger charge is 2.62. The van der Waals surface area contributed by atoms with Gasteiger partial charge in [0.05, 0.1) is 24.6 Å². The average molecular weight is 313 g/mol. The predicted molar refractivity (Wildman–Crippen MR) is 84.0 cm³/mol. The fourth-order valence-electron chi connectivity index (χ4n) is 4.53. The summed E-state index contributed by atoms with van der Waals surface area (Å²) in [5.41, 5.74) is 0.585. The number of rotatable bonds is 4. The molecule has 1 amide bonds. The molecular formula is C18H19NO4. The molecule has 120 valence electrons. The normalized spacial score (nSPS) is 36.2. The Balaban J connectivity index is 1.62. The molecule has 1 aromatic rings. The number of allylic oxidation sites excluding steroid dienone is 2. The topological polar surface area (TPSA) is 75.6 Å². The van der Waals surface area contributed by atoms with Crippen LogP contribution in [-0.4, -0.2) is 24.1 Å². The van der Waals surface area contributed by atoms with E-state index in [0.717, 1.165) is 6.42 Å². The van der Waals surface area contributed by atoms with Gasteiger partial charge in [-0.05, 0) is 42.2 Å². The highest BCUT2D eigenvalue weighted by molar-refractivity contribution is 5.97. The van der Waals surface area contributed by atoms with Gasteiger partial charge in [-0.2, -0.15) is 0 Å². The molecule has 5 nitrogen and oxygen atoms in total. The van der Waals surface area contributed by atoms with Gasteiger partial charge in [-0.1, -0.05) is 24.3 Å². The molecule has 0 saturated heterocycles. The number of para-hydroxylation sites is 2. The van der Waals surface area contributed by atoms with Gasteiger partial charge in [0.1, 0.15) is 5.75 Å². The van der Waals surface area contributed by atoms with Crippen LogP contribution in [0.25, 0.3) is 0 Å². The molecule has 2 N–H and O–H groups in total. The second-order valence-electron chi connectivity index (χ2n) is 6.68. The molecule has 4 aliphatic rings. The zero-order chi connectivity index (χ0) is 16.1. The molecule has 0 heterocycles. The lowest BCUT2D eigenvalue weighted by Gasteiger charge is -2.41. The van der Waals surface area contributed by atoms with E-state index in [1.165, 1.54) is 0 Å². The van der Waals surface area contributed by atoms with E-state index in [4.69, 9.17) is 4.74 Å². The summed E-state index contributed by atoms with van der Waals surface area (Å²) in [6.07, 6.45) is 5.12. The van der Waals surface area contributed by atoms with Crippen LogP contribution in [0, 0.1) is 35.5 Å². The number of anilines is 1. The second-order valence-corrected chi connectivity index (χ2v) is 6.68. The monoisotopic (exact) mass is 313 g/mol. The molecule has 5 rings (SSSR count). The Morgan fingerprint density at radius 1 is 1.13 bits per heavy atom. The second kappa shape index (κ2) is 5.11. The lowest BCUT2D eigenvalue weighted by molar-refractivity contribution is -0.152. The van der Waals surface area contributed by atoms with E-state index in [0.29, 0.717) is 23.3 Å². The van der Waals surface area contributed by atoms with Crippen LogP contribution in [0.1, 0.15) is 6.42 Å². The van der Waals surface area contributed by atoms with Gasteiger partial charge in [-0.3, -0.25) is 9.59 Å². The summed E-state index contributed by atoms with van der Waals surface area (Å²) in [4.78, 5) is 24.6. The number of ether oxygens (including phenoxy) is 1. The van der Waals surface area contributed by atoms with Crippen LogP contribution >= 0.6 is 0 Å². The lowest BCUT2D eigenvalue weighted by Crippen LogP contribution is -2.48. The number of nitrogens with one attached hydrogen (secondary N) is 1. The molecule has 2 fully saturated rings. The summed E-state index contributed by atoms with van der Waals surface area (Å²) in [5.74, 6) is -0.651. The van der Waals surface area contributed by atoms with E-state index in [1.807, 2.05) is 18.2 Å². The molecule has 4 aliphatic carbocycles. The van der Waals surface area contributed by atoms with Gasteiger partial charge in [0.15, 0.2) is 0 Å². The predicted octanol–water partition coefficient (Wildman–Crippen LogP) is 2.40. The van der Waals surface area contributed by atoms with Crippen LogP contribution in [0.3, 0.4) is 0 Å². The highest BCUT2D eigenvalue weighted by atomic mass is 16.5. The van der Waals surface area contributed by atoms with Crippen molar-refractivity contribution in [3.05, 3.63) is 36.4 Å². The van der Waals surface area contributed by atoms with Crippen LogP contribution in [0.5, 0.6) is 5.75 Å². The van der Waals surface area contributed by atoms with E-state index >= 15 is 0 Å². The minimum absolute atomic E-state index is 0.00378. The number of aliphatic carboxylic acids is 1. The van der Waals surface area contributed by atoms with Gasteiger partial charge in [0.25, 0.3) is 0 Å². The quantitative estimate of drug-likeness (QED) is 0.837. The Morgan fingerprint density at radius 2 is 1.78 bits per heavy atom. The van der Waals surface area contributed by atoms with Crippen molar-refractivity contribution in [2.45, 2.75) is 6.42 Å². The highest BCUT2D eigenvalue weighted by Crippen LogP contribution is 2.63. The van der Waals surface area contributed by atoms with Crippen LogP contribution in [0.2, 0.25) is 0 Å². The zero-order valence-electron chi connectivity index (χ0n) is 12.8. The van der Waals surface area contributed by atoms with Crippen LogP contribution < -0.4 is 10.1 Å². The number of carboxylic acid groups (broad SMARTS) is 1. The first-order chi connectivity index (χ1) is 11.1. The lowest BCUT2D eigenvalue weighted by atomic mass is 9.62. The third-order valence-electron chi connectivity index (χ3n) is 5.60. The van der Waals surface area contributed by atoms with Crippen LogP contribution in [-0.2, 0) is 9.59 Å². The molecule has 23 heavy (non-hydrogen) atoms. The molecule has 0 radical (unpaired) electrons. The molecule has 0 aliphatic heterocycles. The standard InChI is InChI=1S/C18H19NO4/c1-23-14-5-3-2-4-13(14)19-17(20)15-9-6-7-10(12-8-11(9)12)16(15)18(21)22/h2-7,9-12,15-16H,8H2,1H3,(H,19,20)(H,21,22)/t9-,10+,11+,12+,15+,16-/m0/s1. The number of amides is 1. The maximum atomic E-state index is 12.8. The number of carbonyl (C=O) groups excluding carboxylic acids is 1. The van der Waals surface area contributed by atoms with Crippen molar-refractivity contribution in [2.75, 3.05) is 12.4 Å². The van der Waals surface area contributed by atoms with Crippen molar-refractivity contribution in [2.24, 2.45) is 35.5 Å². The number of benzene rings is 1. The summed E-state index contributed by atoms with van der Waals surface area (Å²) in [5, 5.41) is 12.5. The summed E-state index contributed by atoms with van der Waals surface area (Å²) in [6.45, 7) is 0. The van der Waals surface area contributed by atoms with Gasteiger partial charge in [0.2, 0.25) is 5.91 Å². The largest absolute Gasteiger partial charge is 0.495 e. The third kappa shape index (κ3) is 2.14. The van der Waals surface area contributed by atoms with E-state index in [2.05, 4.69) is 11.4 Å². The minimum Gasteiger partial charge on any atom is -0.495 e. The van der Waals surface area contributed by atoms with E-state index in [-0.39, 0.29) is 17.7 Å². The number of methoxy groups -OCH3 is 1. The number of carbonyl (C=O) groups is 2. The van der Waals surface area contributed by atoms with E-state index in [1.54, 1.807) is 19.2 Å². The van der Waals surface area contributed by atoms with Crippen molar-refractivity contribution < 1.29 is 19.4 Å². The van der Waals surface area contributed by atoms with Gasteiger partial charge >= 0.3 is 5.97 Å². The van der Waals surface area contributed by atoms with Crippen molar-refractivity contribution in [1.29, 1.82) is 0 Å². The molecule has 0 unspecified atom stereocenters. The molecule has 5 heteroatoms. The summed E-state index contributed by atoms with van der Waals surface area (Å²) in [7, 11) is 1.55. The Bertz CT molecular complexity index is 698. The minimum atomic E-state index is -0.866. The maximum absolute atomic E-state index is 12.8. The number of hydrogen-bond acceptors (Lipinski definition) is 3. The number of hydrogen-bond donors (Lipinski definition) is 2. The van der Waals surface area contributed by atoms with Crippen molar-refractivity contribution >= 4 is 17.6 Å². The molecule has 6 atom stereocenters. The molecule has 2 bridgehead atoms. The SMILES string of the molecule is COc1ccccc1NC(=O)[C@@H]1[C@H]2C=C[C@H]([C@H]3C[C@H]23)[C@@H]1C(=O)O. The van der Waals surface area contributed by atoms with E-state index in [9.17, 15) is 14.7 Å². The van der Waals surface area contributed by atoms with Gasteiger partial charge < -0.3 is 15.2 Å². The summed E-state index contributed by atoms with van der Waals surface area (Å²) < 4.78 is 5.25. The number of fused-ring (bicyclic) bond motifs is 1. The Morgan fingerprint density at radius 3 is 2.43 bits per heavy atom. The first-order valence-corrected chi connectivity index (χ1v) is 7.97. The van der Waals surface area contributed by atoms with Crippen LogP contribution in [0.15, 0.2) is 36.4 Å². The maximum Gasteiger partial charge on any atom is 0.307 e. The Labute approximate surface area is 134 Å². The van der Waals surface area contributed by atoms with Crippen molar-refractivity contribution in [1.82, 2.24) is 0 Å². The van der Waals surface area contributed by atoms with Crippen LogP contribution in [0.4, 0.5) is 5.69 Å². The Hall–Kier alpha value is -2.30. The first kappa shape index (κ1) is 14.3. The fourth-order valence-corrected chi connectivity index (χ4v) is 4.53. The Kier molecular flexibility index (Phi) is 3.18. The average Bonchev–Trinajstić information content (AvgIpc) is 3.36. The van der Waals surface area contributed by atoms with Crippen molar-refractivity contribution in [3.63, 3.8) is 0 Å². The summed E-state index contributed by atoms with van der Waals surface area (Å²) >= 11 is 0. The van der Waals surface area contributed by atoms with Gasteiger partial charge in [-0.25, -0.2) is 0 Å². The third-order valence-corrected chi connectivity index (χ3v) is 5.60. The number of carboxylic acids is 1. The molecule has 2 saturated carbocycles. The summed E-state index contributed by atoms with van der Waals surface area (Å²) in [6, 6.07) is 7.18. The van der Waals surface area contributed by atoms with Crippen molar-refractivity contribution in [3.8, 4) is 5.75 Å². The zero-order valence-corrected chi connectivity index (χ0v) is 12.8. The molecule has 1 aromatic carbocycles. The molecule has 0 aromatic heterocycles. The first-order valence-electron chi connectivity index (χ1n) is 7.97. The van der Waals surface area contributed by atoms with Gasteiger partial charge in [-0.15, -0.1) is 0 Å². The molecular weight excluding hydrogens is 294 g/mol. The molecule has 0 spiro atoms. The van der Waals surface area contributed by atoms with E-state index < -0.39 is 17.8 Å². The smallest absolute Gasteiger partial charge is 0.307 e. The van der Waals surface area contributed by atoms with Gasteiger partial charge in [0, 0.05) is 0 Å². The fraction of sp³-hybridized carbons (Fsp3) is 0.444.